The minimum Gasteiger partial charge on any atom is -0.371 e. The first-order valence-corrected chi connectivity index (χ1v) is 10.9. The van der Waals surface area contributed by atoms with Gasteiger partial charge in [0.05, 0.1) is 18.0 Å². The molecule has 156 valence electrons. The number of sulfone groups is 1. The van der Waals surface area contributed by atoms with Gasteiger partial charge in [-0.3, -0.25) is 4.99 Å². The average molecular weight is 511 g/mol. The van der Waals surface area contributed by atoms with Crippen LogP contribution in [0.5, 0.6) is 0 Å². The van der Waals surface area contributed by atoms with Crippen molar-refractivity contribution in [2.45, 2.75) is 58.9 Å². The Morgan fingerprint density at radius 1 is 1.26 bits per heavy atom. The lowest BCUT2D eigenvalue weighted by atomic mass is 10.1. The van der Waals surface area contributed by atoms with E-state index in [2.05, 4.69) is 27.8 Å². The third kappa shape index (κ3) is 13.0. The predicted octanol–water partition coefficient (Wildman–Crippen LogP) is 3.11. The highest BCUT2D eigenvalue weighted by molar-refractivity contribution is 14.0. The number of aliphatic imine (C=N–C) groups is 1. The molecule has 0 saturated carbocycles. The van der Waals surface area contributed by atoms with Gasteiger partial charge in [-0.25, -0.2) is 8.42 Å². The van der Waals surface area contributed by atoms with Crippen molar-refractivity contribution in [1.82, 2.24) is 10.6 Å². The fourth-order valence-electron chi connectivity index (χ4n) is 2.21. The second-order valence-corrected chi connectivity index (χ2v) is 9.87. The quantitative estimate of drug-likeness (QED) is 0.319. The Balaban J connectivity index is 0.00000676. The molecule has 0 radical (unpaired) electrons. The van der Waals surface area contributed by atoms with Crippen LogP contribution in [-0.4, -0.2) is 45.1 Å². The van der Waals surface area contributed by atoms with Gasteiger partial charge in [0.15, 0.2) is 5.96 Å². The number of ether oxygens (including phenoxy) is 1. The minimum absolute atomic E-state index is 0. The number of rotatable bonds is 8. The van der Waals surface area contributed by atoms with Crippen molar-refractivity contribution in [3.8, 4) is 0 Å². The SMILES string of the molecule is CN=C(NCc1cccc(COC(C)(C)C)c1)NC(C)CCS(C)(=O)=O.I. The van der Waals surface area contributed by atoms with Crippen LogP contribution in [-0.2, 0) is 27.7 Å². The third-order valence-corrected chi connectivity index (χ3v) is 4.63. The molecule has 1 atom stereocenters. The van der Waals surface area contributed by atoms with E-state index in [9.17, 15) is 8.42 Å². The lowest BCUT2D eigenvalue weighted by Crippen LogP contribution is -2.42. The molecule has 0 aliphatic carbocycles. The molecule has 0 aliphatic heterocycles. The number of nitrogens with one attached hydrogen (secondary N) is 2. The second-order valence-electron chi connectivity index (χ2n) is 7.61. The van der Waals surface area contributed by atoms with Crippen LogP contribution in [0.1, 0.15) is 45.2 Å². The monoisotopic (exact) mass is 511 g/mol. The molecular weight excluding hydrogens is 477 g/mol. The number of hydrogen-bond donors (Lipinski definition) is 2. The van der Waals surface area contributed by atoms with Crippen LogP contribution in [0.15, 0.2) is 29.3 Å². The second kappa shape index (κ2) is 11.9. The van der Waals surface area contributed by atoms with Crippen LogP contribution in [0.3, 0.4) is 0 Å². The fraction of sp³-hybridized carbons (Fsp3) is 0.632. The van der Waals surface area contributed by atoms with E-state index in [4.69, 9.17) is 4.74 Å². The highest BCUT2D eigenvalue weighted by Crippen LogP contribution is 2.13. The molecule has 0 aliphatic rings. The highest BCUT2D eigenvalue weighted by Gasteiger charge is 2.11. The van der Waals surface area contributed by atoms with Crippen LogP contribution >= 0.6 is 24.0 Å². The van der Waals surface area contributed by atoms with Crippen molar-refractivity contribution in [3.63, 3.8) is 0 Å². The van der Waals surface area contributed by atoms with E-state index in [0.29, 0.717) is 25.5 Å². The first-order valence-electron chi connectivity index (χ1n) is 8.85. The summed E-state index contributed by atoms with van der Waals surface area (Å²) in [5, 5.41) is 6.48. The Labute approximate surface area is 181 Å². The zero-order valence-electron chi connectivity index (χ0n) is 17.2. The van der Waals surface area contributed by atoms with Crippen molar-refractivity contribution >= 4 is 39.8 Å². The van der Waals surface area contributed by atoms with Crippen molar-refractivity contribution in [2.75, 3.05) is 19.1 Å². The number of nitrogens with zero attached hydrogens (tertiary/aromatic N) is 1. The van der Waals surface area contributed by atoms with Crippen LogP contribution < -0.4 is 10.6 Å². The van der Waals surface area contributed by atoms with Crippen LogP contribution in [0, 0.1) is 0 Å². The maximum Gasteiger partial charge on any atom is 0.191 e. The van der Waals surface area contributed by atoms with Crippen molar-refractivity contribution in [2.24, 2.45) is 4.99 Å². The van der Waals surface area contributed by atoms with E-state index < -0.39 is 9.84 Å². The van der Waals surface area contributed by atoms with Gasteiger partial charge in [-0.2, -0.15) is 0 Å². The van der Waals surface area contributed by atoms with Gasteiger partial charge in [0.25, 0.3) is 0 Å². The van der Waals surface area contributed by atoms with Gasteiger partial charge < -0.3 is 15.4 Å². The van der Waals surface area contributed by atoms with Gasteiger partial charge in [0.1, 0.15) is 9.84 Å². The smallest absolute Gasteiger partial charge is 0.191 e. The van der Waals surface area contributed by atoms with Crippen molar-refractivity contribution in [1.29, 1.82) is 0 Å². The summed E-state index contributed by atoms with van der Waals surface area (Å²) in [5.41, 5.74) is 2.10. The van der Waals surface area contributed by atoms with Crippen molar-refractivity contribution < 1.29 is 13.2 Å². The molecule has 6 nitrogen and oxygen atoms in total. The molecule has 0 bridgehead atoms. The molecule has 0 amide bonds. The molecule has 0 spiro atoms. The van der Waals surface area contributed by atoms with Crippen LogP contribution in [0.2, 0.25) is 0 Å². The van der Waals surface area contributed by atoms with E-state index in [1.807, 2.05) is 39.8 Å². The first-order chi connectivity index (χ1) is 12.0. The normalized spacial score (nSPS) is 13.6. The molecule has 0 heterocycles. The maximum absolute atomic E-state index is 11.3. The zero-order chi connectivity index (χ0) is 19.8. The van der Waals surface area contributed by atoms with E-state index in [1.54, 1.807) is 7.05 Å². The average Bonchev–Trinajstić information content (AvgIpc) is 2.54. The third-order valence-electron chi connectivity index (χ3n) is 3.65. The summed E-state index contributed by atoms with van der Waals surface area (Å²) < 4.78 is 28.3. The Morgan fingerprint density at radius 3 is 2.44 bits per heavy atom. The molecule has 2 N–H and O–H groups in total. The van der Waals surface area contributed by atoms with Gasteiger partial charge in [-0.1, -0.05) is 24.3 Å². The molecule has 1 aromatic carbocycles. The van der Waals surface area contributed by atoms with Crippen LogP contribution in [0.25, 0.3) is 0 Å². The Hall–Kier alpha value is -0.870. The standard InChI is InChI=1S/C19H33N3O3S.HI/c1-15(10-11-26(6,23)24)22-18(20-5)21-13-16-8-7-9-17(12-16)14-25-19(2,3)4;/h7-9,12,15H,10-11,13-14H2,1-6H3,(H2,20,21,22);1H. The van der Waals surface area contributed by atoms with E-state index >= 15 is 0 Å². The molecule has 1 aromatic rings. The lowest BCUT2D eigenvalue weighted by molar-refractivity contribution is -0.0149. The van der Waals surface area contributed by atoms with Gasteiger partial charge in [-0.15, -0.1) is 24.0 Å². The largest absolute Gasteiger partial charge is 0.371 e. The van der Waals surface area contributed by atoms with Gasteiger partial charge in [0, 0.05) is 25.9 Å². The number of benzene rings is 1. The Kier molecular flexibility index (Phi) is 11.5. The highest BCUT2D eigenvalue weighted by atomic mass is 127. The predicted molar refractivity (Wildman–Crippen MR) is 124 cm³/mol. The number of halogens is 1. The molecule has 8 heteroatoms. The molecule has 1 unspecified atom stereocenters. The summed E-state index contributed by atoms with van der Waals surface area (Å²) in [6.45, 7) is 9.27. The number of hydrogen-bond acceptors (Lipinski definition) is 4. The Bertz CT molecular complexity index is 700. The minimum atomic E-state index is -2.95. The van der Waals surface area contributed by atoms with Crippen LogP contribution in [0.4, 0.5) is 0 Å². The fourth-order valence-corrected chi connectivity index (χ4v) is 2.99. The molecular formula is C19H34IN3O3S. The summed E-state index contributed by atoms with van der Waals surface area (Å²) in [5.74, 6) is 0.816. The topological polar surface area (TPSA) is 79.8 Å². The number of guanidine groups is 1. The van der Waals surface area contributed by atoms with E-state index in [1.165, 1.54) is 6.26 Å². The Morgan fingerprint density at radius 2 is 1.89 bits per heavy atom. The lowest BCUT2D eigenvalue weighted by Gasteiger charge is -2.20. The van der Waals surface area contributed by atoms with Gasteiger partial charge >= 0.3 is 0 Å². The summed E-state index contributed by atoms with van der Waals surface area (Å²) in [7, 11) is -1.25. The molecule has 27 heavy (non-hydrogen) atoms. The van der Waals surface area contributed by atoms with Gasteiger partial charge in [-0.05, 0) is 45.2 Å². The molecule has 1 rings (SSSR count). The zero-order valence-corrected chi connectivity index (χ0v) is 20.4. The molecule has 0 aromatic heterocycles. The first kappa shape index (κ1) is 26.1. The summed E-state index contributed by atoms with van der Waals surface area (Å²) in [6.07, 6.45) is 1.79. The van der Waals surface area contributed by atoms with Gasteiger partial charge in [0.2, 0.25) is 0 Å². The van der Waals surface area contributed by atoms with E-state index in [0.717, 1.165) is 11.1 Å². The molecule has 0 fully saturated rings. The molecule has 0 saturated heterocycles. The summed E-state index contributed by atoms with van der Waals surface area (Å²) in [6, 6.07) is 8.24. The maximum atomic E-state index is 11.3. The summed E-state index contributed by atoms with van der Waals surface area (Å²) >= 11 is 0. The van der Waals surface area contributed by atoms with Crippen molar-refractivity contribution in [3.05, 3.63) is 35.4 Å². The van der Waals surface area contributed by atoms with E-state index in [-0.39, 0.29) is 41.4 Å². The summed E-state index contributed by atoms with van der Waals surface area (Å²) in [4.78, 5) is 4.20.